The van der Waals surface area contributed by atoms with Gasteiger partial charge in [-0.3, -0.25) is 0 Å². The zero-order valence-corrected chi connectivity index (χ0v) is 13.6. The second-order valence-corrected chi connectivity index (χ2v) is 7.16. The van der Waals surface area contributed by atoms with Crippen LogP contribution in [0.2, 0.25) is 0 Å². The Hall–Kier alpha value is -0.410. The van der Waals surface area contributed by atoms with Gasteiger partial charge < -0.3 is 5.32 Å². The van der Waals surface area contributed by atoms with E-state index in [1.54, 1.807) is 6.07 Å². The summed E-state index contributed by atoms with van der Waals surface area (Å²) in [7, 11) is 0. The Balaban J connectivity index is 1.69. The van der Waals surface area contributed by atoms with Crippen molar-refractivity contribution in [3.63, 3.8) is 0 Å². The Morgan fingerprint density at radius 3 is 2.60 bits per heavy atom. The molecular weight excluding hydrogens is 317 g/mol. The molecule has 3 rings (SSSR count). The van der Waals surface area contributed by atoms with Crippen LogP contribution in [0.5, 0.6) is 0 Å². The lowest BCUT2D eigenvalue weighted by molar-refractivity contribution is 0.437. The van der Waals surface area contributed by atoms with E-state index in [9.17, 15) is 4.39 Å². The number of fused-ring (bicyclic) bond motifs is 1. The lowest BCUT2D eigenvalue weighted by Gasteiger charge is -2.19. The highest BCUT2D eigenvalue weighted by Crippen LogP contribution is 2.57. The van der Waals surface area contributed by atoms with Crippen LogP contribution in [0, 0.1) is 23.6 Å². The highest BCUT2D eigenvalue weighted by Gasteiger charge is 2.53. The molecule has 1 N–H and O–H groups in total. The summed E-state index contributed by atoms with van der Waals surface area (Å²) in [6.45, 7) is 3.20. The lowest BCUT2D eigenvalue weighted by atomic mass is 9.99. The van der Waals surface area contributed by atoms with E-state index in [1.807, 2.05) is 12.1 Å². The third kappa shape index (κ3) is 2.94. The van der Waals surface area contributed by atoms with Gasteiger partial charge >= 0.3 is 0 Å². The fourth-order valence-corrected chi connectivity index (χ4v) is 4.60. The van der Waals surface area contributed by atoms with Crippen LogP contribution in [-0.4, -0.2) is 12.6 Å². The molecule has 0 aromatic heterocycles. The Morgan fingerprint density at radius 1 is 1.30 bits per heavy atom. The van der Waals surface area contributed by atoms with Gasteiger partial charge in [0, 0.05) is 6.04 Å². The monoisotopic (exact) mass is 339 g/mol. The first kappa shape index (κ1) is 14.5. The molecule has 2 aliphatic rings. The Kier molecular flexibility index (Phi) is 4.46. The number of halogens is 2. The average Bonchev–Trinajstić information content (AvgIpc) is 3.17. The highest BCUT2D eigenvalue weighted by molar-refractivity contribution is 9.10. The molecule has 0 spiro atoms. The van der Waals surface area contributed by atoms with Gasteiger partial charge in [-0.1, -0.05) is 25.8 Å². The molecule has 0 amide bonds. The third-order valence-corrected chi connectivity index (χ3v) is 5.70. The summed E-state index contributed by atoms with van der Waals surface area (Å²) >= 11 is 3.29. The summed E-state index contributed by atoms with van der Waals surface area (Å²) in [5.74, 6) is 2.59. The van der Waals surface area contributed by atoms with Crippen LogP contribution < -0.4 is 5.32 Å². The molecule has 2 saturated carbocycles. The summed E-state index contributed by atoms with van der Waals surface area (Å²) in [6.07, 6.45) is 6.69. The van der Waals surface area contributed by atoms with E-state index < -0.39 is 0 Å². The molecule has 0 radical (unpaired) electrons. The van der Waals surface area contributed by atoms with Crippen molar-refractivity contribution in [3.05, 3.63) is 34.1 Å². The second kappa shape index (κ2) is 6.15. The van der Waals surface area contributed by atoms with Gasteiger partial charge in [-0.15, -0.1) is 0 Å². The predicted octanol–water partition coefficient (Wildman–Crippen LogP) is 4.55. The molecule has 0 heterocycles. The minimum absolute atomic E-state index is 0.172. The maximum Gasteiger partial charge on any atom is 0.137 e. The van der Waals surface area contributed by atoms with E-state index in [4.69, 9.17) is 0 Å². The van der Waals surface area contributed by atoms with E-state index in [2.05, 4.69) is 28.2 Å². The molecule has 0 bridgehead atoms. The molecule has 3 atom stereocenters. The Labute approximate surface area is 129 Å². The van der Waals surface area contributed by atoms with Crippen molar-refractivity contribution in [3.8, 4) is 0 Å². The van der Waals surface area contributed by atoms with Gasteiger partial charge in [-0.2, -0.15) is 0 Å². The smallest absolute Gasteiger partial charge is 0.137 e. The number of likely N-dealkylation sites (N-methyl/N-ethyl adjacent to an activating group) is 1. The van der Waals surface area contributed by atoms with E-state index in [0.717, 1.165) is 30.7 Å². The zero-order valence-electron chi connectivity index (χ0n) is 12.0. The molecule has 3 unspecified atom stereocenters. The Bertz CT molecular complexity index is 464. The molecular formula is C17H23BrFN. The van der Waals surface area contributed by atoms with Gasteiger partial charge in [0.2, 0.25) is 0 Å². The van der Waals surface area contributed by atoms with Crippen LogP contribution in [0.3, 0.4) is 0 Å². The number of rotatable bonds is 5. The molecule has 20 heavy (non-hydrogen) atoms. The molecule has 1 aromatic carbocycles. The fourth-order valence-electron chi connectivity index (χ4n) is 4.17. The van der Waals surface area contributed by atoms with Crippen LogP contribution >= 0.6 is 15.9 Å². The van der Waals surface area contributed by atoms with Gasteiger partial charge in [0.15, 0.2) is 0 Å². The third-order valence-electron chi connectivity index (χ3n) is 5.09. The largest absolute Gasteiger partial charge is 0.314 e. The maximum atomic E-state index is 13.3. The van der Waals surface area contributed by atoms with Crippen molar-refractivity contribution in [1.82, 2.24) is 5.32 Å². The van der Waals surface area contributed by atoms with Crippen molar-refractivity contribution in [1.29, 1.82) is 0 Å². The summed E-state index contributed by atoms with van der Waals surface area (Å²) in [6, 6.07) is 6.00. The minimum Gasteiger partial charge on any atom is -0.314 e. The highest BCUT2D eigenvalue weighted by atomic mass is 79.9. The number of hydrogen-bond donors (Lipinski definition) is 1. The summed E-state index contributed by atoms with van der Waals surface area (Å²) < 4.78 is 13.9. The van der Waals surface area contributed by atoms with E-state index in [1.165, 1.54) is 31.2 Å². The number of hydrogen-bond acceptors (Lipinski definition) is 1. The Morgan fingerprint density at radius 2 is 2.00 bits per heavy atom. The van der Waals surface area contributed by atoms with Crippen molar-refractivity contribution < 1.29 is 4.39 Å². The normalized spacial score (nSPS) is 29.9. The molecule has 2 aliphatic carbocycles. The molecule has 3 heteroatoms. The van der Waals surface area contributed by atoms with E-state index in [0.29, 0.717) is 10.5 Å². The zero-order chi connectivity index (χ0) is 14.1. The van der Waals surface area contributed by atoms with Gasteiger partial charge in [0.25, 0.3) is 0 Å². The van der Waals surface area contributed by atoms with E-state index >= 15 is 0 Å². The summed E-state index contributed by atoms with van der Waals surface area (Å²) in [5, 5.41) is 3.67. The molecule has 1 nitrogen and oxygen atoms in total. The van der Waals surface area contributed by atoms with Gasteiger partial charge in [-0.25, -0.2) is 4.39 Å². The quantitative estimate of drug-likeness (QED) is 0.829. The van der Waals surface area contributed by atoms with Crippen molar-refractivity contribution in [2.45, 2.75) is 45.1 Å². The first-order valence-corrected chi connectivity index (χ1v) is 8.67. The second-order valence-electron chi connectivity index (χ2n) is 6.31. The molecule has 2 fully saturated rings. The lowest BCUT2D eigenvalue weighted by Crippen LogP contribution is -2.34. The molecule has 110 valence electrons. The number of nitrogens with one attached hydrogen (secondary N) is 1. The molecule has 1 aromatic rings. The minimum atomic E-state index is -0.172. The van der Waals surface area contributed by atoms with Crippen molar-refractivity contribution in [2.24, 2.45) is 17.8 Å². The van der Waals surface area contributed by atoms with Crippen molar-refractivity contribution >= 4 is 15.9 Å². The van der Waals surface area contributed by atoms with Crippen LogP contribution in [0.25, 0.3) is 0 Å². The van der Waals surface area contributed by atoms with Crippen LogP contribution in [0.15, 0.2) is 22.7 Å². The van der Waals surface area contributed by atoms with E-state index in [-0.39, 0.29) is 5.82 Å². The van der Waals surface area contributed by atoms with Crippen LogP contribution in [0.4, 0.5) is 4.39 Å². The topological polar surface area (TPSA) is 12.0 Å². The van der Waals surface area contributed by atoms with Gasteiger partial charge in [0.1, 0.15) is 5.82 Å². The van der Waals surface area contributed by atoms with Crippen molar-refractivity contribution in [2.75, 3.05) is 6.54 Å². The van der Waals surface area contributed by atoms with Gasteiger partial charge in [0.05, 0.1) is 4.47 Å². The first-order chi connectivity index (χ1) is 9.70. The SMILES string of the molecule is CCNC(Cc1ccc(F)c(Br)c1)C1C2CCCCC21. The number of benzene rings is 1. The average molecular weight is 340 g/mol. The summed E-state index contributed by atoms with van der Waals surface area (Å²) in [5.41, 5.74) is 1.23. The predicted molar refractivity (Wildman–Crippen MR) is 84.2 cm³/mol. The fraction of sp³-hybridized carbons (Fsp3) is 0.647. The molecule has 0 saturated heterocycles. The first-order valence-electron chi connectivity index (χ1n) is 7.88. The standard InChI is InChI=1S/C17H23BrFN/c1-2-20-16(17-12-5-3-4-6-13(12)17)10-11-7-8-15(19)14(18)9-11/h7-9,12-13,16-17,20H,2-6,10H2,1H3. The van der Waals surface area contributed by atoms with Crippen LogP contribution in [0.1, 0.15) is 38.2 Å². The molecule has 0 aliphatic heterocycles. The van der Waals surface area contributed by atoms with Crippen LogP contribution in [-0.2, 0) is 6.42 Å². The maximum absolute atomic E-state index is 13.3. The van der Waals surface area contributed by atoms with Gasteiger partial charge in [-0.05, 0) is 77.2 Å². The summed E-state index contributed by atoms with van der Waals surface area (Å²) in [4.78, 5) is 0.